The summed E-state index contributed by atoms with van der Waals surface area (Å²) in [6.45, 7) is 6.45. The molecule has 0 saturated carbocycles. The highest BCUT2D eigenvalue weighted by Crippen LogP contribution is 2.53. The zero-order valence-corrected chi connectivity index (χ0v) is 16.1. The molecule has 2 unspecified atom stereocenters. The minimum absolute atomic E-state index is 0.0133. The number of anilines is 1. The van der Waals surface area contributed by atoms with Crippen LogP contribution in [0.4, 0.5) is 5.95 Å². The number of thioether (sulfide) groups is 1. The highest BCUT2D eigenvalue weighted by molar-refractivity contribution is 7.99. The number of allylic oxidation sites excluding steroid dienone is 2. The number of hydrogen-bond acceptors (Lipinski definition) is 5. The van der Waals surface area contributed by atoms with Crippen molar-refractivity contribution < 1.29 is 9.47 Å². The molecule has 1 aliphatic carbocycles. The molecule has 3 heterocycles. The number of rotatable bonds is 4. The number of imidazole rings is 1. The molecule has 0 fully saturated rings. The van der Waals surface area contributed by atoms with E-state index in [9.17, 15) is 0 Å². The number of hydrogen-bond donors (Lipinski definition) is 0. The first-order chi connectivity index (χ1) is 12.1. The zero-order valence-electron chi connectivity index (χ0n) is 15.2. The minimum Gasteiger partial charge on any atom is -0.482 e. The lowest BCUT2D eigenvalue weighted by Crippen LogP contribution is -2.47. The lowest BCUT2D eigenvalue weighted by Gasteiger charge is -2.41. The van der Waals surface area contributed by atoms with Crippen LogP contribution in [0.3, 0.4) is 0 Å². The van der Waals surface area contributed by atoms with E-state index in [1.54, 1.807) is 26.0 Å². The molecular formula is C19H23N3O2S. The van der Waals surface area contributed by atoms with E-state index in [1.807, 2.05) is 12.3 Å². The van der Waals surface area contributed by atoms with Gasteiger partial charge in [0, 0.05) is 7.11 Å². The Labute approximate surface area is 152 Å². The highest BCUT2D eigenvalue weighted by atomic mass is 32.2. The first-order valence-corrected chi connectivity index (χ1v) is 9.45. The van der Waals surface area contributed by atoms with Crippen molar-refractivity contribution in [2.24, 2.45) is 0 Å². The van der Waals surface area contributed by atoms with Gasteiger partial charge in [0.15, 0.2) is 5.88 Å². The smallest absolute Gasteiger partial charge is 0.219 e. The summed E-state index contributed by atoms with van der Waals surface area (Å²) in [6, 6.07) is 0. The molecule has 25 heavy (non-hydrogen) atoms. The van der Waals surface area contributed by atoms with Gasteiger partial charge in [-0.1, -0.05) is 13.0 Å². The highest BCUT2D eigenvalue weighted by Gasteiger charge is 2.53. The van der Waals surface area contributed by atoms with Gasteiger partial charge in [0.2, 0.25) is 5.95 Å². The Balaban J connectivity index is 2.03. The Bertz CT molecular complexity index is 849. The normalized spacial score (nSPS) is 26.9. The number of ether oxygens (including phenoxy) is 2. The van der Waals surface area contributed by atoms with Crippen LogP contribution in [0.5, 0.6) is 0 Å². The van der Waals surface area contributed by atoms with Gasteiger partial charge in [-0.25, -0.2) is 4.98 Å². The van der Waals surface area contributed by atoms with Crippen LogP contribution in [0.1, 0.15) is 20.8 Å². The fourth-order valence-corrected chi connectivity index (χ4v) is 4.99. The summed E-state index contributed by atoms with van der Waals surface area (Å²) in [6.07, 6.45) is 10.5. The Kier molecular flexibility index (Phi) is 3.85. The van der Waals surface area contributed by atoms with E-state index >= 15 is 0 Å². The molecule has 2 aliphatic heterocycles. The van der Waals surface area contributed by atoms with E-state index in [2.05, 4.69) is 48.5 Å². The minimum atomic E-state index is -0.407. The van der Waals surface area contributed by atoms with Crippen LogP contribution in [0.15, 0.2) is 52.6 Å². The third-order valence-electron chi connectivity index (χ3n) is 5.06. The predicted octanol–water partition coefficient (Wildman–Crippen LogP) is 3.82. The first kappa shape index (κ1) is 16.5. The topological polar surface area (TPSA) is 39.5 Å². The van der Waals surface area contributed by atoms with Crippen LogP contribution in [0.2, 0.25) is 0 Å². The maximum atomic E-state index is 5.79. The molecular weight excluding hydrogens is 334 g/mol. The maximum absolute atomic E-state index is 5.79. The summed E-state index contributed by atoms with van der Waals surface area (Å²) in [5.41, 5.74) is 3.21. The fourth-order valence-electron chi connectivity index (χ4n) is 4.26. The second kappa shape index (κ2) is 5.81. The molecule has 0 bridgehead atoms. The number of fused-ring (bicyclic) bond motifs is 3. The van der Waals surface area contributed by atoms with Gasteiger partial charge >= 0.3 is 0 Å². The summed E-state index contributed by atoms with van der Waals surface area (Å²) in [4.78, 5) is 6.92. The van der Waals surface area contributed by atoms with Gasteiger partial charge in [0.1, 0.15) is 16.7 Å². The average molecular weight is 357 g/mol. The van der Waals surface area contributed by atoms with E-state index in [0.29, 0.717) is 0 Å². The lowest BCUT2D eigenvalue weighted by atomic mass is 9.80. The van der Waals surface area contributed by atoms with E-state index in [4.69, 9.17) is 14.5 Å². The van der Waals surface area contributed by atoms with Crippen LogP contribution >= 0.6 is 11.8 Å². The molecule has 0 N–H and O–H groups in total. The van der Waals surface area contributed by atoms with Crippen LogP contribution in [-0.2, 0) is 9.47 Å². The third kappa shape index (κ3) is 2.04. The van der Waals surface area contributed by atoms with E-state index < -0.39 is 5.54 Å². The van der Waals surface area contributed by atoms with Gasteiger partial charge in [-0.15, -0.1) is 11.8 Å². The molecule has 4 rings (SSSR count). The summed E-state index contributed by atoms with van der Waals surface area (Å²) >= 11 is 1.80. The molecule has 1 aromatic heterocycles. The zero-order chi connectivity index (χ0) is 17.8. The van der Waals surface area contributed by atoms with Gasteiger partial charge in [-0.2, -0.15) is 0 Å². The Morgan fingerprint density at radius 3 is 2.80 bits per heavy atom. The SMILES string of the molecule is CCSc1cnc2n1C1=C(C)C(OC)C(C)=CC13C=CC=C(OC)N23. The molecule has 0 aromatic carbocycles. The molecule has 5 nitrogen and oxygen atoms in total. The molecule has 6 heteroatoms. The van der Waals surface area contributed by atoms with Crippen molar-refractivity contribution in [3.05, 3.63) is 47.5 Å². The summed E-state index contributed by atoms with van der Waals surface area (Å²) < 4.78 is 13.7. The number of aromatic nitrogens is 2. The summed E-state index contributed by atoms with van der Waals surface area (Å²) in [7, 11) is 3.48. The number of nitrogens with zero attached hydrogens (tertiary/aromatic N) is 3. The summed E-state index contributed by atoms with van der Waals surface area (Å²) in [5.74, 6) is 2.68. The van der Waals surface area contributed by atoms with Crippen molar-refractivity contribution >= 4 is 23.4 Å². The van der Waals surface area contributed by atoms with Crippen molar-refractivity contribution in [2.75, 3.05) is 24.9 Å². The third-order valence-corrected chi connectivity index (χ3v) is 5.93. The Hall–Kier alpha value is -1.92. The second-order valence-corrected chi connectivity index (χ2v) is 7.71. The molecule has 1 aromatic rings. The van der Waals surface area contributed by atoms with Crippen LogP contribution in [0, 0.1) is 0 Å². The van der Waals surface area contributed by atoms with Crippen LogP contribution < -0.4 is 4.90 Å². The van der Waals surface area contributed by atoms with Gasteiger partial charge in [0.25, 0.3) is 0 Å². The lowest BCUT2D eigenvalue weighted by molar-refractivity contribution is 0.157. The van der Waals surface area contributed by atoms with E-state index in [0.717, 1.165) is 22.6 Å². The van der Waals surface area contributed by atoms with Crippen molar-refractivity contribution in [3.8, 4) is 0 Å². The molecule has 0 amide bonds. The predicted molar refractivity (Wildman–Crippen MR) is 102 cm³/mol. The van der Waals surface area contributed by atoms with Crippen molar-refractivity contribution in [1.29, 1.82) is 0 Å². The van der Waals surface area contributed by atoms with E-state index in [1.165, 1.54) is 16.8 Å². The molecule has 2 atom stereocenters. The van der Waals surface area contributed by atoms with Crippen molar-refractivity contribution in [3.63, 3.8) is 0 Å². The molecule has 3 aliphatic rings. The molecule has 0 radical (unpaired) electrons. The average Bonchev–Trinajstić information content (AvgIpc) is 3.10. The molecule has 1 spiro atoms. The largest absolute Gasteiger partial charge is 0.482 e. The van der Waals surface area contributed by atoms with Crippen molar-refractivity contribution in [1.82, 2.24) is 9.55 Å². The van der Waals surface area contributed by atoms with Gasteiger partial charge in [-0.05, 0) is 49.0 Å². The summed E-state index contributed by atoms with van der Waals surface area (Å²) in [5, 5.41) is 1.15. The Morgan fingerprint density at radius 2 is 2.12 bits per heavy atom. The maximum Gasteiger partial charge on any atom is 0.219 e. The number of methoxy groups -OCH3 is 2. The Morgan fingerprint density at radius 1 is 1.32 bits per heavy atom. The standard InChI is InChI=1S/C19H23N3O2S/c1-6-25-15-11-20-18-21(15)17-13(3)16(24-5)12(2)10-19(17)9-7-8-14(23-4)22(18)19/h7-11,16H,6H2,1-5H3. The van der Waals surface area contributed by atoms with Crippen LogP contribution in [0.25, 0.3) is 5.70 Å². The van der Waals surface area contributed by atoms with Crippen molar-refractivity contribution in [2.45, 2.75) is 37.4 Å². The van der Waals surface area contributed by atoms with Gasteiger partial charge in [-0.3, -0.25) is 9.47 Å². The van der Waals surface area contributed by atoms with Gasteiger partial charge < -0.3 is 9.47 Å². The van der Waals surface area contributed by atoms with Gasteiger partial charge in [0.05, 0.1) is 19.0 Å². The second-order valence-electron chi connectivity index (χ2n) is 6.43. The fraction of sp³-hybridized carbons (Fsp3) is 0.421. The molecule has 132 valence electrons. The first-order valence-electron chi connectivity index (χ1n) is 8.47. The van der Waals surface area contributed by atoms with Crippen LogP contribution in [-0.4, -0.2) is 41.2 Å². The monoisotopic (exact) mass is 357 g/mol. The van der Waals surface area contributed by atoms with E-state index in [-0.39, 0.29) is 6.10 Å². The molecule has 0 saturated heterocycles. The quantitative estimate of drug-likeness (QED) is 0.605.